The molecular weight excluding hydrogens is 987 g/mol. The van der Waals surface area contributed by atoms with E-state index < -0.39 is 0 Å². The molecule has 380 valence electrons. The molecule has 4 heterocycles. The molecule has 17 aromatic rings. The number of anilines is 6. The molecule has 0 unspecified atom stereocenters. The molecule has 0 aliphatic carbocycles. The van der Waals surface area contributed by atoms with E-state index in [1.54, 1.807) is 0 Å². The van der Waals surface area contributed by atoms with Gasteiger partial charge in [0.15, 0.2) is 11.2 Å². The molecule has 4 aromatic heterocycles. The summed E-state index contributed by atoms with van der Waals surface area (Å²) in [5.41, 5.74) is 19.9. The third-order valence-electron chi connectivity index (χ3n) is 17.1. The van der Waals surface area contributed by atoms with Gasteiger partial charge in [-0.15, -0.1) is 0 Å². The van der Waals surface area contributed by atoms with Crippen LogP contribution in [0.3, 0.4) is 0 Å². The average molecular weight is 1040 g/mol. The van der Waals surface area contributed by atoms with Crippen LogP contribution in [0.15, 0.2) is 270 Å². The highest BCUT2D eigenvalue weighted by atomic mass is 16.3. The fourth-order valence-electron chi connectivity index (χ4n) is 13.6. The predicted octanol–water partition coefficient (Wildman–Crippen LogP) is 21.8. The Bertz CT molecular complexity index is 5070. The molecule has 0 atom stereocenters. The quantitative estimate of drug-likeness (QED) is 0.152. The van der Waals surface area contributed by atoms with Crippen molar-refractivity contribution in [3.8, 4) is 22.3 Å². The molecule has 0 fully saturated rings. The van der Waals surface area contributed by atoms with E-state index in [9.17, 15) is 0 Å². The van der Waals surface area contributed by atoms with E-state index in [4.69, 9.17) is 8.83 Å². The van der Waals surface area contributed by atoms with E-state index in [-0.39, 0.29) is 0 Å². The fourth-order valence-corrected chi connectivity index (χ4v) is 13.6. The second-order valence-corrected chi connectivity index (χ2v) is 21.6. The number of nitrogens with zero attached hydrogens (tertiary/aromatic N) is 3. The highest BCUT2D eigenvalue weighted by Gasteiger charge is 2.32. The molecule has 0 spiro atoms. The van der Waals surface area contributed by atoms with E-state index in [1.807, 2.05) is 0 Å². The minimum atomic E-state index is 0.838. The average Bonchev–Trinajstić information content (AvgIpc) is 4.00. The molecule has 17 rings (SSSR count). The third kappa shape index (κ3) is 6.54. The Morgan fingerprint density at radius 3 is 1.10 bits per heavy atom. The molecule has 13 aromatic carbocycles. The number of furan rings is 2. The normalized spacial score (nSPS) is 12.1. The van der Waals surface area contributed by atoms with Crippen molar-refractivity contribution in [2.24, 2.45) is 0 Å². The minimum absolute atomic E-state index is 0.838. The Labute approximate surface area is 466 Å². The number of aryl methyl sites for hydroxylation is 2. The lowest BCUT2D eigenvalue weighted by Crippen LogP contribution is -2.13. The summed E-state index contributed by atoms with van der Waals surface area (Å²) in [5.74, 6) is 0. The fraction of sp³-hybridized carbons (Fsp3) is 0.0263. The van der Waals surface area contributed by atoms with Crippen molar-refractivity contribution in [2.45, 2.75) is 13.8 Å². The van der Waals surface area contributed by atoms with Gasteiger partial charge in [0.1, 0.15) is 11.2 Å². The van der Waals surface area contributed by atoms with Crippen LogP contribution in [0.5, 0.6) is 0 Å². The zero-order valence-corrected chi connectivity index (χ0v) is 44.5. The van der Waals surface area contributed by atoms with Crippen molar-refractivity contribution >= 4 is 138 Å². The van der Waals surface area contributed by atoms with Gasteiger partial charge in [-0.1, -0.05) is 224 Å². The minimum Gasteiger partial charge on any atom is -0.453 e. The summed E-state index contributed by atoms with van der Waals surface area (Å²) in [7, 11) is 0. The van der Waals surface area contributed by atoms with Crippen molar-refractivity contribution in [3.05, 3.63) is 272 Å². The van der Waals surface area contributed by atoms with E-state index in [1.165, 1.54) is 27.1 Å². The smallest absolute Gasteiger partial charge is 0.159 e. The van der Waals surface area contributed by atoms with Gasteiger partial charge in [0.25, 0.3) is 0 Å². The number of aromatic nitrogens is 1. The van der Waals surface area contributed by atoms with Gasteiger partial charge in [-0.3, -0.25) is 0 Å². The lowest BCUT2D eigenvalue weighted by atomic mass is 9.97. The lowest BCUT2D eigenvalue weighted by molar-refractivity contribution is 0.670. The number of rotatable bonds is 8. The monoisotopic (exact) mass is 1040 g/mol. The van der Waals surface area contributed by atoms with Crippen LogP contribution < -0.4 is 9.80 Å². The Kier molecular flexibility index (Phi) is 9.78. The van der Waals surface area contributed by atoms with Crippen LogP contribution in [0.2, 0.25) is 0 Å². The zero-order chi connectivity index (χ0) is 53.4. The van der Waals surface area contributed by atoms with Gasteiger partial charge in [0.2, 0.25) is 0 Å². The zero-order valence-electron chi connectivity index (χ0n) is 44.5. The lowest BCUT2D eigenvalue weighted by Gasteiger charge is -2.30. The molecule has 0 radical (unpaired) electrons. The highest BCUT2D eigenvalue weighted by Crippen LogP contribution is 2.56. The highest BCUT2D eigenvalue weighted by molar-refractivity contribution is 6.34. The maximum atomic E-state index is 7.30. The molecule has 0 bridgehead atoms. The van der Waals surface area contributed by atoms with Crippen LogP contribution in [0, 0.1) is 13.8 Å². The van der Waals surface area contributed by atoms with Gasteiger partial charge in [0.05, 0.1) is 39.3 Å². The van der Waals surface area contributed by atoms with Crippen LogP contribution >= 0.6 is 0 Å². The van der Waals surface area contributed by atoms with Crippen molar-refractivity contribution in [1.82, 2.24) is 4.40 Å². The van der Waals surface area contributed by atoms with E-state index in [0.29, 0.717) is 0 Å². The first-order valence-electron chi connectivity index (χ1n) is 27.8. The van der Waals surface area contributed by atoms with Gasteiger partial charge in [0, 0.05) is 76.4 Å². The van der Waals surface area contributed by atoms with Crippen molar-refractivity contribution in [1.29, 1.82) is 0 Å². The first-order valence-corrected chi connectivity index (χ1v) is 27.8. The number of para-hydroxylation sites is 7. The summed E-state index contributed by atoms with van der Waals surface area (Å²) in [6.07, 6.45) is 0. The molecule has 5 nitrogen and oxygen atoms in total. The maximum absolute atomic E-state index is 7.30. The second kappa shape index (κ2) is 17.4. The van der Waals surface area contributed by atoms with Crippen LogP contribution in [-0.2, 0) is 0 Å². The molecule has 0 aliphatic rings. The second-order valence-electron chi connectivity index (χ2n) is 21.6. The van der Waals surface area contributed by atoms with Crippen molar-refractivity contribution in [2.75, 3.05) is 9.80 Å². The van der Waals surface area contributed by atoms with E-state index in [0.717, 1.165) is 144 Å². The number of hydrogen-bond acceptors (Lipinski definition) is 4. The third-order valence-corrected chi connectivity index (χ3v) is 17.1. The molecule has 0 saturated heterocycles. The molecule has 81 heavy (non-hydrogen) atoms. The molecule has 0 aliphatic heterocycles. The van der Waals surface area contributed by atoms with Gasteiger partial charge in [-0.25, -0.2) is 0 Å². The molecule has 0 amide bonds. The largest absolute Gasteiger partial charge is 0.453 e. The van der Waals surface area contributed by atoms with Gasteiger partial charge < -0.3 is 23.0 Å². The summed E-state index contributed by atoms with van der Waals surface area (Å²) in [4.78, 5) is 4.99. The molecular formula is C76H49N3O2. The number of benzene rings is 13. The van der Waals surface area contributed by atoms with Gasteiger partial charge in [-0.05, 0) is 83.3 Å². The SMILES string of the molecule is Cc1ccccc1N(c1cccc2c1oc1c(-c3ccccc3)cccc12)c1c2ccccc2cc2c1c1cccc3c4c(N(c5ccccc5C)c5cccc6c5oc5c(-c7ccccc7)cccc56)c5ccccc5cc4n2c13. The maximum Gasteiger partial charge on any atom is 0.159 e. The molecule has 0 saturated carbocycles. The van der Waals surface area contributed by atoms with Crippen molar-refractivity contribution in [3.63, 3.8) is 0 Å². The van der Waals surface area contributed by atoms with E-state index >= 15 is 0 Å². The summed E-state index contributed by atoms with van der Waals surface area (Å²) in [6.45, 7) is 4.44. The van der Waals surface area contributed by atoms with Gasteiger partial charge in [-0.2, -0.15) is 0 Å². The Morgan fingerprint density at radius 1 is 0.296 bits per heavy atom. The van der Waals surface area contributed by atoms with Crippen LogP contribution in [0.1, 0.15) is 11.1 Å². The number of hydrogen-bond donors (Lipinski definition) is 0. The van der Waals surface area contributed by atoms with E-state index in [2.05, 4.69) is 289 Å². The number of fused-ring (bicyclic) bond motifs is 14. The Balaban J connectivity index is 0.994. The Morgan fingerprint density at radius 2 is 0.642 bits per heavy atom. The van der Waals surface area contributed by atoms with Crippen LogP contribution in [0.25, 0.3) is 126 Å². The first-order chi connectivity index (χ1) is 40.1. The summed E-state index contributed by atoms with van der Waals surface area (Å²) in [5, 5.41) is 13.6. The Hall–Kier alpha value is -10.6. The molecule has 5 heteroatoms. The first kappa shape index (κ1) is 45.4. The molecule has 0 N–H and O–H groups in total. The summed E-state index contributed by atoms with van der Waals surface area (Å²) < 4.78 is 17.2. The van der Waals surface area contributed by atoms with Gasteiger partial charge >= 0.3 is 0 Å². The van der Waals surface area contributed by atoms with Crippen LogP contribution in [0.4, 0.5) is 34.1 Å². The topological polar surface area (TPSA) is 37.2 Å². The summed E-state index contributed by atoms with van der Waals surface area (Å²) >= 11 is 0. The van der Waals surface area contributed by atoms with Crippen LogP contribution in [-0.4, -0.2) is 4.40 Å². The summed E-state index contributed by atoms with van der Waals surface area (Å²) in [6, 6.07) is 94.6. The predicted molar refractivity (Wildman–Crippen MR) is 340 cm³/mol. The standard InChI is InChI=1S/C76H49N3O2/c1-46-22-9-15-40-62(46)77(64-42-20-36-58-56-34-17-32-54(73(56)80-75(58)64)48-24-5-3-6-25-48)71-52-30-13-11-28-50(52)44-66-68(71)60-38-19-39-61-69-67(79(66)70(60)61)45-51-29-12-14-31-53(51)72(69)78(63-41-16-10-23-47(63)2)65-43-21-37-59-57-35-18-33-55(74(57)81-76(59)65)49-26-7-4-8-27-49/h3-45H,1-2H3. The van der Waals surface area contributed by atoms with Crippen molar-refractivity contribution < 1.29 is 8.83 Å².